The molecule has 1 aliphatic heterocycles. The largest absolute Gasteiger partial charge is 0.283 e. The van der Waals surface area contributed by atoms with Crippen LogP contribution < -0.4 is 0 Å². The van der Waals surface area contributed by atoms with Crippen LogP contribution in [-0.4, -0.2) is 29.8 Å². The molecule has 0 radical (unpaired) electrons. The van der Waals surface area contributed by atoms with Gasteiger partial charge in [0.15, 0.2) is 5.67 Å². The molecule has 0 aliphatic carbocycles. The number of carbonyl (C=O) groups excluding carboxylic acids is 1. The van der Waals surface area contributed by atoms with Gasteiger partial charge in [0.1, 0.15) is 0 Å². The van der Waals surface area contributed by atoms with Crippen molar-refractivity contribution in [1.82, 2.24) is 5.06 Å². The Balaban J connectivity index is 2.51. The lowest BCUT2D eigenvalue weighted by atomic mass is 10.1. The zero-order chi connectivity index (χ0) is 9.19. The lowest BCUT2D eigenvalue weighted by Gasteiger charge is -2.29. The second-order valence-corrected chi connectivity index (χ2v) is 3.42. The third-order valence-electron chi connectivity index (χ3n) is 1.74. The second kappa shape index (κ2) is 3.39. The number of carbonyl (C=O) groups is 1. The molecular formula is C8H14FNO2. The van der Waals surface area contributed by atoms with Gasteiger partial charge in [0.05, 0.1) is 6.61 Å². The lowest BCUT2D eigenvalue weighted by Crippen LogP contribution is -2.44. The summed E-state index contributed by atoms with van der Waals surface area (Å²) in [6.45, 7) is 3.51. The minimum Gasteiger partial charge on any atom is -0.271 e. The molecule has 4 heteroatoms. The summed E-state index contributed by atoms with van der Waals surface area (Å²) in [6, 6.07) is 0. The number of rotatable bonds is 1. The molecule has 1 fully saturated rings. The summed E-state index contributed by atoms with van der Waals surface area (Å²) in [5, 5.41) is 1.13. The summed E-state index contributed by atoms with van der Waals surface area (Å²) >= 11 is 0. The Labute approximate surface area is 71.4 Å². The first kappa shape index (κ1) is 9.45. The van der Waals surface area contributed by atoms with Crippen LogP contribution in [0.1, 0.15) is 26.7 Å². The van der Waals surface area contributed by atoms with Gasteiger partial charge in [-0.25, -0.2) is 9.45 Å². The molecule has 12 heavy (non-hydrogen) atoms. The van der Waals surface area contributed by atoms with Gasteiger partial charge in [-0.15, -0.1) is 0 Å². The normalized spacial score (nSPS) is 19.4. The summed E-state index contributed by atoms with van der Waals surface area (Å²) in [6.07, 6.45) is 1.83. The van der Waals surface area contributed by atoms with Gasteiger partial charge < -0.3 is 0 Å². The Morgan fingerprint density at radius 2 is 2.17 bits per heavy atom. The van der Waals surface area contributed by atoms with E-state index in [0.717, 1.165) is 17.9 Å². The molecule has 1 aliphatic rings. The number of alkyl halides is 1. The van der Waals surface area contributed by atoms with Crippen LogP contribution in [0.3, 0.4) is 0 Å². The third-order valence-corrected chi connectivity index (χ3v) is 1.74. The van der Waals surface area contributed by atoms with Crippen LogP contribution in [0.5, 0.6) is 0 Å². The molecule has 0 saturated carbocycles. The number of nitrogens with zero attached hydrogens (tertiary/aromatic N) is 1. The molecule has 0 spiro atoms. The maximum Gasteiger partial charge on any atom is 0.283 e. The van der Waals surface area contributed by atoms with Crippen molar-refractivity contribution >= 4 is 5.91 Å². The standard InChI is InChI=1S/C8H14FNO2/c1-8(2,9)7(11)10-5-3-4-6-12-10/h3-6H2,1-2H3. The van der Waals surface area contributed by atoms with Crippen LogP contribution in [0.4, 0.5) is 4.39 Å². The summed E-state index contributed by atoms with van der Waals surface area (Å²) in [7, 11) is 0. The zero-order valence-electron chi connectivity index (χ0n) is 7.47. The van der Waals surface area contributed by atoms with Crippen LogP contribution >= 0.6 is 0 Å². The molecule has 3 nitrogen and oxygen atoms in total. The molecule has 0 unspecified atom stereocenters. The summed E-state index contributed by atoms with van der Waals surface area (Å²) < 4.78 is 13.1. The van der Waals surface area contributed by atoms with Crippen LogP contribution in [-0.2, 0) is 9.63 Å². The van der Waals surface area contributed by atoms with Crippen LogP contribution in [0.2, 0.25) is 0 Å². The van der Waals surface area contributed by atoms with E-state index in [4.69, 9.17) is 4.84 Å². The molecule has 1 heterocycles. The zero-order valence-corrected chi connectivity index (χ0v) is 7.47. The van der Waals surface area contributed by atoms with Crippen LogP contribution in [0.25, 0.3) is 0 Å². The van der Waals surface area contributed by atoms with Gasteiger partial charge in [0.2, 0.25) is 0 Å². The lowest BCUT2D eigenvalue weighted by molar-refractivity contribution is -0.206. The van der Waals surface area contributed by atoms with Crippen molar-refractivity contribution in [2.45, 2.75) is 32.4 Å². The van der Waals surface area contributed by atoms with E-state index in [9.17, 15) is 9.18 Å². The monoisotopic (exact) mass is 175 g/mol. The maximum atomic E-state index is 13.1. The van der Waals surface area contributed by atoms with Gasteiger partial charge >= 0.3 is 0 Å². The first-order chi connectivity index (χ1) is 5.52. The Kier molecular flexibility index (Phi) is 2.67. The van der Waals surface area contributed by atoms with Crippen LogP contribution in [0, 0.1) is 0 Å². The fourth-order valence-corrected chi connectivity index (χ4v) is 1.05. The van der Waals surface area contributed by atoms with Crippen molar-refractivity contribution in [3.63, 3.8) is 0 Å². The highest BCUT2D eigenvalue weighted by molar-refractivity contribution is 5.83. The van der Waals surface area contributed by atoms with E-state index in [-0.39, 0.29) is 0 Å². The molecule has 0 N–H and O–H groups in total. The van der Waals surface area contributed by atoms with E-state index in [1.807, 2.05) is 0 Å². The summed E-state index contributed by atoms with van der Waals surface area (Å²) in [5.74, 6) is -0.581. The summed E-state index contributed by atoms with van der Waals surface area (Å²) in [5.41, 5.74) is -1.82. The smallest absolute Gasteiger partial charge is 0.271 e. The molecule has 0 aromatic carbocycles. The summed E-state index contributed by atoms with van der Waals surface area (Å²) in [4.78, 5) is 16.3. The number of hydroxylamine groups is 2. The van der Waals surface area contributed by atoms with Crippen molar-refractivity contribution < 1.29 is 14.0 Å². The topological polar surface area (TPSA) is 29.5 Å². The quantitative estimate of drug-likeness (QED) is 0.601. The predicted octanol–water partition coefficient (Wildman–Crippen LogP) is 1.29. The number of amides is 1. The van der Waals surface area contributed by atoms with Crippen molar-refractivity contribution in [2.75, 3.05) is 13.2 Å². The molecule has 0 aromatic rings. The van der Waals surface area contributed by atoms with Gasteiger partial charge in [-0.1, -0.05) is 0 Å². The van der Waals surface area contributed by atoms with E-state index >= 15 is 0 Å². The van der Waals surface area contributed by atoms with Crippen LogP contribution in [0.15, 0.2) is 0 Å². The highest BCUT2D eigenvalue weighted by Gasteiger charge is 2.33. The SMILES string of the molecule is CC(C)(F)C(=O)N1CCCCO1. The fraction of sp³-hybridized carbons (Fsp3) is 0.875. The molecule has 0 bridgehead atoms. The number of hydrogen-bond donors (Lipinski definition) is 0. The van der Waals surface area contributed by atoms with E-state index in [1.54, 1.807) is 0 Å². The fourth-order valence-electron chi connectivity index (χ4n) is 1.05. The molecule has 1 rings (SSSR count). The Morgan fingerprint density at radius 3 is 2.58 bits per heavy atom. The minimum absolute atomic E-state index is 0.506. The van der Waals surface area contributed by atoms with E-state index in [0.29, 0.717) is 13.2 Å². The average molecular weight is 175 g/mol. The Bertz CT molecular complexity index is 170. The molecule has 0 atom stereocenters. The third kappa shape index (κ3) is 2.17. The predicted molar refractivity (Wildman–Crippen MR) is 42.1 cm³/mol. The Hall–Kier alpha value is -0.640. The minimum atomic E-state index is -1.82. The molecule has 70 valence electrons. The van der Waals surface area contributed by atoms with E-state index in [2.05, 4.69) is 0 Å². The van der Waals surface area contributed by atoms with Gasteiger partial charge in [0.25, 0.3) is 5.91 Å². The van der Waals surface area contributed by atoms with Crippen molar-refractivity contribution in [1.29, 1.82) is 0 Å². The molecule has 0 aromatic heterocycles. The van der Waals surface area contributed by atoms with Gasteiger partial charge in [0, 0.05) is 6.54 Å². The van der Waals surface area contributed by atoms with Gasteiger partial charge in [-0.05, 0) is 26.7 Å². The van der Waals surface area contributed by atoms with Gasteiger partial charge in [-0.2, -0.15) is 0 Å². The van der Waals surface area contributed by atoms with Crippen molar-refractivity contribution in [2.24, 2.45) is 0 Å². The number of hydrogen-bond acceptors (Lipinski definition) is 2. The molecular weight excluding hydrogens is 161 g/mol. The van der Waals surface area contributed by atoms with E-state index in [1.165, 1.54) is 13.8 Å². The van der Waals surface area contributed by atoms with Crippen molar-refractivity contribution in [3.8, 4) is 0 Å². The highest BCUT2D eigenvalue weighted by Crippen LogP contribution is 2.16. The van der Waals surface area contributed by atoms with Gasteiger partial charge in [-0.3, -0.25) is 9.63 Å². The highest BCUT2D eigenvalue weighted by atomic mass is 19.1. The maximum absolute atomic E-state index is 13.1. The van der Waals surface area contributed by atoms with Crippen molar-refractivity contribution in [3.05, 3.63) is 0 Å². The molecule has 1 saturated heterocycles. The molecule has 1 amide bonds. The Morgan fingerprint density at radius 1 is 1.50 bits per heavy atom. The first-order valence-electron chi connectivity index (χ1n) is 4.15. The second-order valence-electron chi connectivity index (χ2n) is 3.42. The van der Waals surface area contributed by atoms with E-state index < -0.39 is 11.6 Å². The first-order valence-corrected chi connectivity index (χ1v) is 4.15. The average Bonchev–Trinajstić information content (AvgIpc) is 2.03. The number of halogens is 1.